The van der Waals surface area contributed by atoms with Crippen LogP contribution < -0.4 is 0 Å². The third-order valence-electron chi connectivity index (χ3n) is 13.3. The Morgan fingerprint density at radius 3 is 1.09 bits per heavy atom. The zero-order valence-electron chi connectivity index (χ0n) is 37.4. The zero-order valence-corrected chi connectivity index (χ0v) is 37.4. The first kappa shape index (κ1) is 40.1. The van der Waals surface area contributed by atoms with Crippen molar-refractivity contribution in [2.75, 3.05) is 0 Å². The van der Waals surface area contributed by atoms with Gasteiger partial charge in [0.2, 0.25) is 0 Å². The molecule has 0 N–H and O–H groups in total. The van der Waals surface area contributed by atoms with Gasteiger partial charge < -0.3 is 4.42 Å². The van der Waals surface area contributed by atoms with Gasteiger partial charge in [-0.1, -0.05) is 212 Å². The van der Waals surface area contributed by atoms with E-state index in [9.17, 15) is 0 Å². The van der Waals surface area contributed by atoms with Gasteiger partial charge in [-0.25, -0.2) is 15.0 Å². The Morgan fingerprint density at radius 2 is 0.551 bits per heavy atom. The summed E-state index contributed by atoms with van der Waals surface area (Å²) in [4.78, 5) is 15.4. The fourth-order valence-electron chi connectivity index (χ4n) is 9.85. The Bertz CT molecular complexity index is 4060. The molecule has 0 aliphatic carbocycles. The topological polar surface area (TPSA) is 51.8 Å². The number of aromatic nitrogens is 3. The molecular formula is C65H41N3O. The molecule has 322 valence electrons. The lowest BCUT2D eigenvalue weighted by atomic mass is 9.94. The second kappa shape index (κ2) is 16.9. The van der Waals surface area contributed by atoms with E-state index in [1.165, 1.54) is 16.2 Å². The second-order valence-corrected chi connectivity index (χ2v) is 17.5. The largest absolute Gasteiger partial charge is 0.455 e. The summed E-state index contributed by atoms with van der Waals surface area (Å²) in [5.74, 6) is 1.85. The Balaban J connectivity index is 0.861. The van der Waals surface area contributed by atoms with E-state index >= 15 is 0 Å². The highest BCUT2D eigenvalue weighted by Gasteiger charge is 2.18. The molecule has 2 heterocycles. The van der Waals surface area contributed by atoms with Crippen LogP contribution in [-0.2, 0) is 0 Å². The highest BCUT2D eigenvalue weighted by molar-refractivity contribution is 6.30. The quantitative estimate of drug-likeness (QED) is 0.143. The number of rotatable bonds is 8. The van der Waals surface area contributed by atoms with Gasteiger partial charge in [-0.3, -0.25) is 0 Å². The molecule has 13 aromatic rings. The highest BCUT2D eigenvalue weighted by Crippen LogP contribution is 2.42. The first-order valence-electron chi connectivity index (χ1n) is 23.3. The van der Waals surface area contributed by atoms with E-state index in [0.29, 0.717) is 17.5 Å². The van der Waals surface area contributed by atoms with Crippen molar-refractivity contribution >= 4 is 43.5 Å². The molecule has 2 aromatic heterocycles. The molecule has 0 amide bonds. The van der Waals surface area contributed by atoms with Gasteiger partial charge in [-0.05, 0) is 108 Å². The molecule has 4 nitrogen and oxygen atoms in total. The fraction of sp³-hybridized carbons (Fsp3) is 0. The lowest BCUT2D eigenvalue weighted by Crippen LogP contribution is -2.00. The van der Waals surface area contributed by atoms with Crippen LogP contribution in [0, 0.1) is 0 Å². The molecular weight excluding hydrogens is 839 g/mol. The predicted molar refractivity (Wildman–Crippen MR) is 286 cm³/mol. The van der Waals surface area contributed by atoms with Gasteiger partial charge in [0.25, 0.3) is 0 Å². The van der Waals surface area contributed by atoms with Crippen LogP contribution in [0.4, 0.5) is 0 Å². The normalized spacial score (nSPS) is 11.5. The van der Waals surface area contributed by atoms with Crippen molar-refractivity contribution in [2.45, 2.75) is 0 Å². The summed E-state index contributed by atoms with van der Waals surface area (Å²) in [7, 11) is 0. The molecule has 13 rings (SSSR count). The van der Waals surface area contributed by atoms with Gasteiger partial charge in [0.05, 0.1) is 0 Å². The molecule has 0 radical (unpaired) electrons. The maximum absolute atomic E-state index is 6.63. The standard InChI is InChI=1S/C65H41N3O/c1-3-15-42(16-4-1)44-31-33-45(34-32-44)63-66-64(53-25-13-19-46(39-53)43-17-5-2-6-18-43)68-65(67-63)54-26-14-24-51(40-54)49-22-11-20-47(37-49)48-21-12-23-50(38-48)52-35-36-60-59(41-52)61-57-29-9-7-27-55(57)56-28-8-10-30-58(56)62(61)69-60/h1-41H. The number of hydrogen-bond acceptors (Lipinski definition) is 4. The van der Waals surface area contributed by atoms with E-state index in [4.69, 9.17) is 19.4 Å². The average molecular weight is 880 g/mol. The van der Waals surface area contributed by atoms with Crippen molar-refractivity contribution in [3.8, 4) is 89.8 Å². The van der Waals surface area contributed by atoms with E-state index in [0.717, 1.165) is 99.6 Å². The number of hydrogen-bond donors (Lipinski definition) is 0. The molecule has 69 heavy (non-hydrogen) atoms. The summed E-state index contributed by atoms with van der Waals surface area (Å²) in [5.41, 5.74) is 15.9. The molecule has 0 saturated carbocycles. The summed E-state index contributed by atoms with van der Waals surface area (Å²) in [6.45, 7) is 0. The van der Waals surface area contributed by atoms with Gasteiger partial charge in [0.15, 0.2) is 17.5 Å². The third-order valence-corrected chi connectivity index (χ3v) is 13.3. The number of fused-ring (bicyclic) bond motifs is 8. The molecule has 0 fully saturated rings. The maximum atomic E-state index is 6.63. The molecule has 0 atom stereocenters. The third kappa shape index (κ3) is 7.41. The molecule has 0 bridgehead atoms. The van der Waals surface area contributed by atoms with Gasteiger partial charge in [0, 0.05) is 32.8 Å². The zero-order chi connectivity index (χ0) is 45.7. The van der Waals surface area contributed by atoms with Crippen LogP contribution in [0.15, 0.2) is 253 Å². The molecule has 4 heteroatoms. The van der Waals surface area contributed by atoms with Crippen LogP contribution in [0.5, 0.6) is 0 Å². The van der Waals surface area contributed by atoms with Crippen molar-refractivity contribution in [1.82, 2.24) is 15.0 Å². The number of nitrogens with zero attached hydrogens (tertiary/aromatic N) is 3. The number of benzene rings is 11. The Labute approximate surface area is 399 Å². The molecule has 0 aliphatic heterocycles. The first-order chi connectivity index (χ1) is 34.2. The lowest BCUT2D eigenvalue weighted by molar-refractivity contribution is 0.673. The van der Waals surface area contributed by atoms with Crippen molar-refractivity contribution in [3.05, 3.63) is 249 Å². The molecule has 11 aromatic carbocycles. The maximum Gasteiger partial charge on any atom is 0.164 e. The molecule has 0 unspecified atom stereocenters. The second-order valence-electron chi connectivity index (χ2n) is 17.5. The van der Waals surface area contributed by atoms with Crippen LogP contribution in [0.1, 0.15) is 0 Å². The van der Waals surface area contributed by atoms with Crippen molar-refractivity contribution in [1.29, 1.82) is 0 Å². The minimum absolute atomic E-state index is 0.613. The van der Waals surface area contributed by atoms with E-state index < -0.39 is 0 Å². The lowest BCUT2D eigenvalue weighted by Gasteiger charge is -2.12. The van der Waals surface area contributed by atoms with Crippen molar-refractivity contribution < 1.29 is 4.42 Å². The summed E-state index contributed by atoms with van der Waals surface area (Å²) in [6.07, 6.45) is 0. The van der Waals surface area contributed by atoms with Gasteiger partial charge in [-0.2, -0.15) is 0 Å². The number of furan rings is 1. The predicted octanol–water partition coefficient (Wildman–Crippen LogP) is 17.4. The van der Waals surface area contributed by atoms with Gasteiger partial charge in [0.1, 0.15) is 11.2 Å². The monoisotopic (exact) mass is 879 g/mol. The first-order valence-corrected chi connectivity index (χ1v) is 23.3. The van der Waals surface area contributed by atoms with Crippen LogP contribution in [0.3, 0.4) is 0 Å². The van der Waals surface area contributed by atoms with Crippen LogP contribution in [0.2, 0.25) is 0 Å². The SMILES string of the molecule is c1ccc(-c2ccc(-c3nc(-c4cccc(-c5ccccc5)c4)nc(-c4cccc(-c5cccc(-c6cccc(-c7ccc8oc9c%10ccccc%10c%10ccccc%10c9c8c7)c6)c5)c4)n3)cc2)cc1. The van der Waals surface area contributed by atoms with Crippen molar-refractivity contribution in [3.63, 3.8) is 0 Å². The Kier molecular flexibility index (Phi) is 9.80. The minimum atomic E-state index is 0.613. The molecule has 0 spiro atoms. The van der Waals surface area contributed by atoms with Crippen LogP contribution in [0.25, 0.3) is 133 Å². The van der Waals surface area contributed by atoms with E-state index in [1.807, 2.05) is 12.1 Å². The van der Waals surface area contributed by atoms with Crippen LogP contribution >= 0.6 is 0 Å². The Hall–Kier alpha value is -9.25. The Morgan fingerprint density at radius 1 is 0.217 bits per heavy atom. The molecule has 0 aliphatic rings. The summed E-state index contributed by atoms with van der Waals surface area (Å²) in [6, 6.07) is 87.7. The van der Waals surface area contributed by atoms with Crippen LogP contribution in [-0.4, -0.2) is 15.0 Å². The van der Waals surface area contributed by atoms with Crippen molar-refractivity contribution in [2.24, 2.45) is 0 Å². The van der Waals surface area contributed by atoms with E-state index in [-0.39, 0.29) is 0 Å². The van der Waals surface area contributed by atoms with Gasteiger partial charge in [-0.15, -0.1) is 0 Å². The summed E-state index contributed by atoms with van der Waals surface area (Å²) >= 11 is 0. The average Bonchev–Trinajstić information content (AvgIpc) is 3.83. The van der Waals surface area contributed by atoms with E-state index in [2.05, 4.69) is 237 Å². The molecule has 0 saturated heterocycles. The van der Waals surface area contributed by atoms with Gasteiger partial charge >= 0.3 is 0 Å². The van der Waals surface area contributed by atoms with E-state index in [1.54, 1.807) is 0 Å². The minimum Gasteiger partial charge on any atom is -0.455 e. The summed E-state index contributed by atoms with van der Waals surface area (Å²) < 4.78 is 6.63. The highest BCUT2D eigenvalue weighted by atomic mass is 16.3. The smallest absolute Gasteiger partial charge is 0.164 e. The fourth-order valence-corrected chi connectivity index (χ4v) is 9.85. The summed E-state index contributed by atoms with van der Waals surface area (Å²) in [5, 5.41) is 7.06.